The minimum Gasteiger partial charge on any atom is -0.332 e. The molecule has 3 rings (SSSR count). The predicted octanol–water partition coefficient (Wildman–Crippen LogP) is 3.05. The lowest BCUT2D eigenvalue weighted by molar-refractivity contribution is 0.686. The molecule has 16 heavy (non-hydrogen) atoms. The molecule has 1 aliphatic rings. The number of hydrogen-bond donors (Lipinski definition) is 1. The van der Waals surface area contributed by atoms with Gasteiger partial charge in [0.05, 0.1) is 10.9 Å². The highest BCUT2D eigenvalue weighted by molar-refractivity contribution is 7.71. The molecule has 0 saturated heterocycles. The summed E-state index contributed by atoms with van der Waals surface area (Å²) in [5, 5.41) is 1.17. The van der Waals surface area contributed by atoms with Gasteiger partial charge >= 0.3 is 0 Å². The molecule has 82 valence electrons. The highest BCUT2D eigenvalue weighted by Gasteiger charge is 2.26. The van der Waals surface area contributed by atoms with Crippen molar-refractivity contribution in [2.75, 3.05) is 0 Å². The van der Waals surface area contributed by atoms with Crippen LogP contribution in [0.1, 0.15) is 18.9 Å². The topological polar surface area (TPSA) is 37.8 Å². The van der Waals surface area contributed by atoms with Crippen molar-refractivity contribution in [2.45, 2.75) is 18.9 Å². The molecule has 0 aliphatic heterocycles. The summed E-state index contributed by atoms with van der Waals surface area (Å²) in [6.07, 6.45) is 2.06. The number of halogens is 1. The van der Waals surface area contributed by atoms with Crippen molar-refractivity contribution < 1.29 is 0 Å². The minimum absolute atomic E-state index is 0.0382. The summed E-state index contributed by atoms with van der Waals surface area (Å²) >= 11 is 11.1. The van der Waals surface area contributed by atoms with Gasteiger partial charge < -0.3 is 4.98 Å². The van der Waals surface area contributed by atoms with E-state index in [1.165, 1.54) is 0 Å². The third kappa shape index (κ3) is 1.49. The molecule has 0 bridgehead atoms. The van der Waals surface area contributed by atoms with Gasteiger partial charge in [0, 0.05) is 11.1 Å². The zero-order chi connectivity index (χ0) is 11.3. The Labute approximate surface area is 102 Å². The summed E-state index contributed by atoms with van der Waals surface area (Å²) in [5.41, 5.74) is 0.708. The van der Waals surface area contributed by atoms with E-state index in [-0.39, 0.29) is 11.6 Å². The van der Waals surface area contributed by atoms with Crippen molar-refractivity contribution in [1.29, 1.82) is 0 Å². The van der Waals surface area contributed by atoms with Crippen LogP contribution in [0.25, 0.3) is 10.9 Å². The van der Waals surface area contributed by atoms with Crippen molar-refractivity contribution in [3.8, 4) is 0 Å². The van der Waals surface area contributed by atoms with E-state index in [0.29, 0.717) is 15.2 Å². The summed E-state index contributed by atoms with van der Waals surface area (Å²) in [4.78, 5) is 15.3. The van der Waals surface area contributed by atoms with Crippen LogP contribution in [0.4, 0.5) is 0 Å². The van der Waals surface area contributed by atoms with Crippen LogP contribution in [-0.4, -0.2) is 9.55 Å². The van der Waals surface area contributed by atoms with E-state index in [0.717, 1.165) is 18.4 Å². The fraction of sp³-hybridized carbons (Fsp3) is 0.273. The molecular formula is C11H9ClN2OS. The number of fused-ring (bicyclic) bond motifs is 1. The van der Waals surface area contributed by atoms with Gasteiger partial charge in [0.25, 0.3) is 5.56 Å². The maximum absolute atomic E-state index is 12.2. The van der Waals surface area contributed by atoms with Gasteiger partial charge in [0.2, 0.25) is 0 Å². The molecule has 2 aromatic rings. The standard InChI is InChI=1S/C11H9ClN2OS/c12-6-1-4-9-8(5-6)10(15)14(7-2-3-7)11(16)13-9/h1,4-5,7H,2-3H2,(H,13,16). The second kappa shape index (κ2) is 3.43. The van der Waals surface area contributed by atoms with Crippen molar-refractivity contribution >= 4 is 34.7 Å². The van der Waals surface area contributed by atoms with E-state index in [2.05, 4.69) is 4.98 Å². The summed E-state index contributed by atoms with van der Waals surface area (Å²) < 4.78 is 2.16. The molecule has 0 atom stereocenters. The molecule has 1 aliphatic carbocycles. The van der Waals surface area contributed by atoms with Crippen molar-refractivity contribution in [2.24, 2.45) is 0 Å². The normalized spacial score (nSPS) is 15.6. The summed E-state index contributed by atoms with van der Waals surface area (Å²) in [6, 6.07) is 5.49. The number of H-pyrrole nitrogens is 1. The fourth-order valence-corrected chi connectivity index (χ4v) is 2.38. The van der Waals surface area contributed by atoms with E-state index >= 15 is 0 Å². The second-order valence-corrected chi connectivity index (χ2v) is 4.85. The van der Waals surface area contributed by atoms with Gasteiger partial charge in [-0.15, -0.1) is 0 Å². The lowest BCUT2D eigenvalue weighted by atomic mass is 10.2. The van der Waals surface area contributed by atoms with Crippen LogP contribution >= 0.6 is 23.8 Å². The molecular weight excluding hydrogens is 244 g/mol. The SMILES string of the molecule is O=c1c2cc(Cl)ccc2[nH]c(=S)n1C1CC1. The third-order valence-corrected chi connectivity index (χ3v) is 3.34. The van der Waals surface area contributed by atoms with E-state index < -0.39 is 0 Å². The zero-order valence-corrected chi connectivity index (χ0v) is 9.94. The number of nitrogens with one attached hydrogen (secondary N) is 1. The predicted molar refractivity (Wildman–Crippen MR) is 66.7 cm³/mol. The molecule has 0 radical (unpaired) electrons. The molecule has 1 aromatic carbocycles. The summed E-state index contributed by atoms with van der Waals surface area (Å²) in [6.45, 7) is 0. The smallest absolute Gasteiger partial charge is 0.262 e. The number of aromatic nitrogens is 2. The largest absolute Gasteiger partial charge is 0.332 e. The van der Waals surface area contributed by atoms with E-state index in [1.807, 2.05) is 0 Å². The number of nitrogens with zero attached hydrogens (tertiary/aromatic N) is 1. The van der Waals surface area contributed by atoms with E-state index in [9.17, 15) is 4.79 Å². The first-order valence-electron chi connectivity index (χ1n) is 5.11. The summed E-state index contributed by atoms with van der Waals surface area (Å²) in [7, 11) is 0. The Morgan fingerprint density at radius 2 is 2.19 bits per heavy atom. The summed E-state index contributed by atoms with van der Waals surface area (Å²) in [5.74, 6) is 0. The average molecular weight is 253 g/mol. The Balaban J connectivity index is 2.45. The highest BCUT2D eigenvalue weighted by atomic mass is 35.5. The molecule has 1 fully saturated rings. The third-order valence-electron chi connectivity index (χ3n) is 2.80. The van der Waals surface area contributed by atoms with Crippen LogP contribution in [0.5, 0.6) is 0 Å². The minimum atomic E-state index is -0.0382. The molecule has 1 aromatic heterocycles. The van der Waals surface area contributed by atoms with Crippen LogP contribution in [0.2, 0.25) is 5.02 Å². The second-order valence-electron chi connectivity index (χ2n) is 4.03. The lowest BCUT2D eigenvalue weighted by Gasteiger charge is -2.06. The van der Waals surface area contributed by atoms with Crippen molar-refractivity contribution in [1.82, 2.24) is 9.55 Å². The maximum Gasteiger partial charge on any atom is 0.262 e. The monoisotopic (exact) mass is 252 g/mol. The maximum atomic E-state index is 12.2. The highest BCUT2D eigenvalue weighted by Crippen LogP contribution is 2.33. The van der Waals surface area contributed by atoms with E-state index in [4.69, 9.17) is 23.8 Å². The van der Waals surface area contributed by atoms with Gasteiger partial charge in [0.1, 0.15) is 0 Å². The van der Waals surface area contributed by atoms with Gasteiger partial charge in [0.15, 0.2) is 4.77 Å². The Morgan fingerprint density at radius 1 is 1.44 bits per heavy atom. The average Bonchev–Trinajstić information content (AvgIpc) is 3.04. The number of hydrogen-bond acceptors (Lipinski definition) is 2. The molecule has 0 amide bonds. The van der Waals surface area contributed by atoms with Crippen molar-refractivity contribution in [3.63, 3.8) is 0 Å². The molecule has 0 unspecified atom stereocenters. The van der Waals surface area contributed by atoms with Gasteiger partial charge in [-0.2, -0.15) is 0 Å². The van der Waals surface area contributed by atoms with Crippen LogP contribution in [0, 0.1) is 4.77 Å². The zero-order valence-electron chi connectivity index (χ0n) is 8.37. The van der Waals surface area contributed by atoms with Crippen LogP contribution < -0.4 is 5.56 Å². The van der Waals surface area contributed by atoms with Crippen LogP contribution in [0.15, 0.2) is 23.0 Å². The number of aromatic amines is 1. The van der Waals surface area contributed by atoms with Gasteiger partial charge in [-0.05, 0) is 43.3 Å². The first kappa shape index (κ1) is 10.1. The Morgan fingerprint density at radius 3 is 2.88 bits per heavy atom. The molecule has 0 spiro atoms. The molecule has 1 saturated carbocycles. The lowest BCUT2D eigenvalue weighted by Crippen LogP contribution is -2.21. The number of rotatable bonds is 1. The first-order chi connectivity index (χ1) is 7.66. The van der Waals surface area contributed by atoms with Gasteiger partial charge in [-0.3, -0.25) is 9.36 Å². The quantitative estimate of drug-likeness (QED) is 0.792. The molecule has 3 nitrogen and oxygen atoms in total. The Kier molecular flexibility index (Phi) is 2.16. The molecule has 1 N–H and O–H groups in total. The first-order valence-corrected chi connectivity index (χ1v) is 5.89. The van der Waals surface area contributed by atoms with E-state index in [1.54, 1.807) is 22.8 Å². The molecule has 5 heteroatoms. The van der Waals surface area contributed by atoms with Gasteiger partial charge in [-0.1, -0.05) is 11.6 Å². The van der Waals surface area contributed by atoms with Crippen LogP contribution in [-0.2, 0) is 0 Å². The molecule has 1 heterocycles. The Hall–Kier alpha value is -1.13. The van der Waals surface area contributed by atoms with Crippen molar-refractivity contribution in [3.05, 3.63) is 38.3 Å². The van der Waals surface area contributed by atoms with Crippen LogP contribution in [0.3, 0.4) is 0 Å². The van der Waals surface area contributed by atoms with Gasteiger partial charge in [-0.25, -0.2) is 0 Å². The number of benzene rings is 1. The fourth-order valence-electron chi connectivity index (χ4n) is 1.86. The Bertz CT molecular complexity index is 684.